The lowest BCUT2D eigenvalue weighted by Crippen LogP contribution is -2.03. The average Bonchev–Trinajstić information content (AvgIpc) is 3.11. The summed E-state index contributed by atoms with van der Waals surface area (Å²) in [5.74, 6) is 1.17. The lowest BCUT2D eigenvalue weighted by molar-refractivity contribution is 0.414. The van der Waals surface area contributed by atoms with Gasteiger partial charge in [-0.05, 0) is 48.5 Å². The Balaban J connectivity index is 1.77. The fourth-order valence-corrected chi connectivity index (χ4v) is 2.61. The van der Waals surface area contributed by atoms with Gasteiger partial charge in [-0.2, -0.15) is 4.98 Å². The van der Waals surface area contributed by atoms with Crippen LogP contribution in [-0.2, 0) is 0 Å². The molecule has 0 radical (unpaired) electrons. The normalized spacial score (nSPS) is 11.0. The van der Waals surface area contributed by atoms with Gasteiger partial charge in [0.05, 0.1) is 7.11 Å². The Labute approximate surface area is 146 Å². The molecular weight excluding hydrogens is 344 g/mol. The Morgan fingerprint density at radius 2 is 1.88 bits per heavy atom. The van der Waals surface area contributed by atoms with Crippen LogP contribution in [0.3, 0.4) is 0 Å². The van der Waals surface area contributed by atoms with Crippen molar-refractivity contribution in [3.05, 3.63) is 64.0 Å². The minimum Gasteiger partial charge on any atom is -0.497 e. The summed E-state index contributed by atoms with van der Waals surface area (Å²) in [6.07, 6.45) is 0. The second-order valence-corrected chi connectivity index (χ2v) is 5.72. The molecule has 0 bridgehead atoms. The zero-order chi connectivity index (χ0) is 17.4. The molecule has 25 heavy (non-hydrogen) atoms. The van der Waals surface area contributed by atoms with Gasteiger partial charge in [-0.3, -0.25) is 0 Å². The zero-order valence-electron chi connectivity index (χ0n) is 13.0. The van der Waals surface area contributed by atoms with E-state index in [9.17, 15) is 4.79 Å². The van der Waals surface area contributed by atoms with Gasteiger partial charge >= 0.3 is 5.63 Å². The SMILES string of the molecule is COc1ccc(-c2nc(-c3cc4cc(Cl)ccc4oc3=O)no2)cc1. The van der Waals surface area contributed by atoms with Crippen LogP contribution in [0.5, 0.6) is 5.75 Å². The molecule has 0 fully saturated rings. The first-order valence-corrected chi connectivity index (χ1v) is 7.74. The number of methoxy groups -OCH3 is 1. The predicted octanol–water partition coefficient (Wildman–Crippen LogP) is 4.17. The van der Waals surface area contributed by atoms with Gasteiger partial charge in [0.15, 0.2) is 0 Å². The quantitative estimate of drug-likeness (QED) is 0.514. The van der Waals surface area contributed by atoms with Gasteiger partial charge in [0.25, 0.3) is 5.89 Å². The number of aromatic nitrogens is 2. The minimum absolute atomic E-state index is 0.154. The topological polar surface area (TPSA) is 78.4 Å². The maximum absolute atomic E-state index is 12.2. The zero-order valence-corrected chi connectivity index (χ0v) is 13.8. The Morgan fingerprint density at radius 1 is 1.08 bits per heavy atom. The highest BCUT2D eigenvalue weighted by atomic mass is 35.5. The van der Waals surface area contributed by atoms with Crippen LogP contribution < -0.4 is 10.4 Å². The fraction of sp³-hybridized carbons (Fsp3) is 0.0556. The van der Waals surface area contributed by atoms with Crippen molar-refractivity contribution in [3.8, 4) is 28.6 Å². The standard InChI is InChI=1S/C18H11ClN2O4/c1-23-13-5-2-10(3-6-13)17-20-16(21-25-17)14-9-11-8-12(19)4-7-15(11)24-18(14)22/h2-9H,1H3. The summed E-state index contributed by atoms with van der Waals surface area (Å²) in [5.41, 5.74) is 0.819. The Morgan fingerprint density at radius 3 is 2.64 bits per heavy atom. The summed E-state index contributed by atoms with van der Waals surface area (Å²) in [4.78, 5) is 16.5. The molecule has 0 aliphatic rings. The molecule has 0 unspecified atom stereocenters. The molecule has 2 aromatic carbocycles. The average molecular weight is 355 g/mol. The van der Waals surface area contributed by atoms with Crippen LogP contribution in [0.1, 0.15) is 0 Å². The second-order valence-electron chi connectivity index (χ2n) is 5.28. The van der Waals surface area contributed by atoms with Gasteiger partial charge in [0.2, 0.25) is 5.82 Å². The molecule has 0 N–H and O–H groups in total. The van der Waals surface area contributed by atoms with Gasteiger partial charge in [-0.15, -0.1) is 0 Å². The molecule has 0 amide bonds. The van der Waals surface area contributed by atoms with Crippen LogP contribution in [-0.4, -0.2) is 17.3 Å². The van der Waals surface area contributed by atoms with E-state index >= 15 is 0 Å². The minimum atomic E-state index is -0.545. The number of ether oxygens (including phenoxy) is 1. The van der Waals surface area contributed by atoms with Crippen molar-refractivity contribution in [2.45, 2.75) is 0 Å². The third kappa shape index (κ3) is 2.88. The van der Waals surface area contributed by atoms with E-state index in [0.29, 0.717) is 27.4 Å². The van der Waals surface area contributed by atoms with E-state index in [4.69, 9.17) is 25.3 Å². The summed E-state index contributed by atoms with van der Waals surface area (Å²) in [5, 5.41) is 5.10. The number of benzene rings is 2. The first kappa shape index (κ1) is 15.4. The molecule has 0 aliphatic heterocycles. The first-order valence-electron chi connectivity index (χ1n) is 7.36. The first-order chi connectivity index (χ1) is 12.1. The lowest BCUT2D eigenvalue weighted by atomic mass is 10.2. The summed E-state index contributed by atoms with van der Waals surface area (Å²) < 4.78 is 15.7. The van der Waals surface area contributed by atoms with Crippen LogP contribution in [0.25, 0.3) is 33.8 Å². The maximum Gasteiger partial charge on any atom is 0.347 e. The summed E-state index contributed by atoms with van der Waals surface area (Å²) in [6.45, 7) is 0. The molecule has 0 atom stereocenters. The van der Waals surface area contributed by atoms with E-state index in [1.807, 2.05) is 0 Å². The van der Waals surface area contributed by atoms with E-state index in [0.717, 1.165) is 5.75 Å². The highest BCUT2D eigenvalue weighted by Gasteiger charge is 2.16. The van der Waals surface area contributed by atoms with Gasteiger partial charge in [-0.25, -0.2) is 4.79 Å². The maximum atomic E-state index is 12.2. The third-order valence-electron chi connectivity index (χ3n) is 3.70. The van der Waals surface area contributed by atoms with Gasteiger partial charge in [0.1, 0.15) is 16.9 Å². The van der Waals surface area contributed by atoms with E-state index in [1.165, 1.54) is 0 Å². The van der Waals surface area contributed by atoms with Crippen molar-refractivity contribution in [1.29, 1.82) is 0 Å². The van der Waals surface area contributed by atoms with Crippen LogP contribution in [0.15, 0.2) is 62.3 Å². The summed E-state index contributed by atoms with van der Waals surface area (Å²) in [7, 11) is 1.59. The van der Waals surface area contributed by atoms with Crippen LogP contribution in [0.4, 0.5) is 0 Å². The molecular formula is C18H11ClN2O4. The Bertz CT molecular complexity index is 1120. The number of nitrogens with zero attached hydrogens (tertiary/aromatic N) is 2. The number of rotatable bonds is 3. The van der Waals surface area contributed by atoms with Gasteiger partial charge in [-0.1, -0.05) is 16.8 Å². The van der Waals surface area contributed by atoms with Crippen molar-refractivity contribution in [2.24, 2.45) is 0 Å². The molecule has 124 valence electrons. The molecule has 0 aliphatic carbocycles. The van der Waals surface area contributed by atoms with Crippen molar-refractivity contribution in [1.82, 2.24) is 10.1 Å². The van der Waals surface area contributed by atoms with E-state index in [-0.39, 0.29) is 11.4 Å². The number of hydrogen-bond acceptors (Lipinski definition) is 6. The molecule has 2 heterocycles. The lowest BCUT2D eigenvalue weighted by Gasteiger charge is -1.99. The molecule has 2 aromatic heterocycles. The summed E-state index contributed by atoms with van der Waals surface area (Å²) >= 11 is 5.99. The monoisotopic (exact) mass is 354 g/mol. The smallest absolute Gasteiger partial charge is 0.347 e. The van der Waals surface area contributed by atoms with Crippen LogP contribution in [0, 0.1) is 0 Å². The molecule has 0 saturated heterocycles. The molecule has 0 spiro atoms. The third-order valence-corrected chi connectivity index (χ3v) is 3.93. The van der Waals surface area contributed by atoms with Crippen molar-refractivity contribution < 1.29 is 13.7 Å². The second kappa shape index (κ2) is 6.07. The van der Waals surface area contributed by atoms with Crippen molar-refractivity contribution in [3.63, 3.8) is 0 Å². The molecule has 4 aromatic rings. The van der Waals surface area contributed by atoms with Gasteiger partial charge < -0.3 is 13.7 Å². The number of hydrogen-bond donors (Lipinski definition) is 0. The highest BCUT2D eigenvalue weighted by Crippen LogP contribution is 2.25. The van der Waals surface area contributed by atoms with Crippen molar-refractivity contribution >= 4 is 22.6 Å². The fourth-order valence-electron chi connectivity index (χ4n) is 2.43. The highest BCUT2D eigenvalue weighted by molar-refractivity contribution is 6.31. The number of fused-ring (bicyclic) bond motifs is 1. The molecule has 0 saturated carbocycles. The van der Waals surface area contributed by atoms with E-state index in [2.05, 4.69) is 10.1 Å². The van der Waals surface area contributed by atoms with Crippen LogP contribution >= 0.6 is 11.6 Å². The largest absolute Gasteiger partial charge is 0.497 e. The Hall–Kier alpha value is -3.12. The number of halogens is 1. The molecule has 6 nitrogen and oxygen atoms in total. The van der Waals surface area contributed by atoms with E-state index in [1.54, 1.807) is 55.6 Å². The molecule has 7 heteroatoms. The van der Waals surface area contributed by atoms with Crippen LogP contribution in [0.2, 0.25) is 5.02 Å². The van der Waals surface area contributed by atoms with E-state index < -0.39 is 5.63 Å². The van der Waals surface area contributed by atoms with Crippen molar-refractivity contribution in [2.75, 3.05) is 7.11 Å². The predicted molar refractivity (Wildman–Crippen MR) is 92.8 cm³/mol. The summed E-state index contributed by atoms with van der Waals surface area (Å²) in [6, 6.07) is 13.8. The molecule has 4 rings (SSSR count). The Kier molecular flexibility index (Phi) is 3.74. The van der Waals surface area contributed by atoms with Gasteiger partial charge in [0, 0.05) is 16.0 Å².